The summed E-state index contributed by atoms with van der Waals surface area (Å²) in [6.07, 6.45) is 3.80. The molecule has 2 aromatic heterocycles. The van der Waals surface area contributed by atoms with Crippen LogP contribution >= 0.6 is 15.9 Å². The number of hydrogen-bond donors (Lipinski definition) is 0. The highest BCUT2D eigenvalue weighted by Crippen LogP contribution is 2.26. The summed E-state index contributed by atoms with van der Waals surface area (Å²) in [4.78, 5) is 40.5. The van der Waals surface area contributed by atoms with E-state index in [-0.39, 0.29) is 11.5 Å². The van der Waals surface area contributed by atoms with Crippen LogP contribution in [0.25, 0.3) is 10.9 Å². The monoisotopic (exact) mass is 547 g/mol. The fraction of sp³-hybridized carbons (Fsp3) is 0.286. The molecule has 0 aliphatic heterocycles. The highest BCUT2D eigenvalue weighted by molar-refractivity contribution is 9.10. The molecule has 7 nitrogen and oxygen atoms in total. The average Bonchev–Trinajstić information content (AvgIpc) is 2.89. The van der Waals surface area contributed by atoms with Crippen LogP contribution in [0.4, 0.5) is 0 Å². The van der Waals surface area contributed by atoms with Crippen molar-refractivity contribution in [2.45, 2.75) is 25.9 Å². The zero-order valence-electron chi connectivity index (χ0n) is 20.8. The molecule has 1 unspecified atom stereocenters. The van der Waals surface area contributed by atoms with Gasteiger partial charge in [-0.1, -0.05) is 53.2 Å². The number of aromatic nitrogens is 3. The molecule has 36 heavy (non-hydrogen) atoms. The zero-order valence-corrected chi connectivity index (χ0v) is 22.4. The lowest BCUT2D eigenvalue weighted by atomic mass is 10.1. The van der Waals surface area contributed by atoms with Crippen molar-refractivity contribution >= 4 is 32.7 Å². The van der Waals surface area contributed by atoms with Gasteiger partial charge < -0.3 is 9.80 Å². The molecule has 0 aliphatic rings. The molecule has 0 radical (unpaired) electrons. The maximum absolute atomic E-state index is 13.8. The summed E-state index contributed by atoms with van der Waals surface area (Å²) < 4.78 is 2.61. The number of carbonyl (C=O) groups excluding carboxylic acids is 1. The van der Waals surface area contributed by atoms with E-state index in [9.17, 15) is 9.59 Å². The molecule has 1 amide bonds. The molecule has 4 rings (SSSR count). The van der Waals surface area contributed by atoms with Crippen molar-refractivity contribution in [3.8, 4) is 0 Å². The number of carbonyl (C=O) groups is 1. The highest BCUT2D eigenvalue weighted by Gasteiger charge is 2.29. The first-order chi connectivity index (χ1) is 17.4. The SMILES string of the molecule is CCC(c1nc2ccncc2c(=O)n1Cc1ccccc1)N(CCN(C)C)C(=O)c1ccc(Br)cc1. The number of rotatable bonds is 9. The summed E-state index contributed by atoms with van der Waals surface area (Å²) in [5, 5.41) is 0.464. The van der Waals surface area contributed by atoms with Gasteiger partial charge in [-0.25, -0.2) is 4.98 Å². The van der Waals surface area contributed by atoms with E-state index in [0.717, 1.165) is 10.0 Å². The Morgan fingerprint density at radius 2 is 1.75 bits per heavy atom. The van der Waals surface area contributed by atoms with Crippen molar-refractivity contribution in [2.75, 3.05) is 27.2 Å². The van der Waals surface area contributed by atoms with Crippen LogP contribution in [0.2, 0.25) is 0 Å². The minimum atomic E-state index is -0.393. The Morgan fingerprint density at radius 1 is 1.03 bits per heavy atom. The van der Waals surface area contributed by atoms with Crippen LogP contribution in [0.15, 0.2) is 82.3 Å². The zero-order chi connectivity index (χ0) is 25.7. The lowest BCUT2D eigenvalue weighted by Gasteiger charge is -2.33. The first kappa shape index (κ1) is 25.7. The molecule has 186 valence electrons. The largest absolute Gasteiger partial charge is 0.327 e. The van der Waals surface area contributed by atoms with Gasteiger partial charge in [0.2, 0.25) is 0 Å². The number of halogens is 1. The maximum atomic E-state index is 13.8. The summed E-state index contributed by atoms with van der Waals surface area (Å²) in [6.45, 7) is 3.56. The molecule has 2 aromatic carbocycles. The van der Waals surface area contributed by atoms with Crippen molar-refractivity contribution in [3.63, 3.8) is 0 Å². The molecule has 0 saturated heterocycles. The van der Waals surface area contributed by atoms with Crippen molar-refractivity contribution in [3.05, 3.63) is 105 Å². The Hall–Kier alpha value is -3.36. The van der Waals surface area contributed by atoms with Crippen LogP contribution in [-0.2, 0) is 6.54 Å². The maximum Gasteiger partial charge on any atom is 0.263 e. The summed E-state index contributed by atoms with van der Waals surface area (Å²) in [7, 11) is 3.96. The predicted octanol–water partition coefficient (Wildman–Crippen LogP) is 4.76. The van der Waals surface area contributed by atoms with E-state index in [0.29, 0.717) is 48.3 Å². The summed E-state index contributed by atoms with van der Waals surface area (Å²) in [5.74, 6) is 0.487. The molecule has 0 bridgehead atoms. The van der Waals surface area contributed by atoms with Gasteiger partial charge in [0.05, 0.1) is 23.5 Å². The van der Waals surface area contributed by atoms with Gasteiger partial charge in [-0.05, 0) is 56.4 Å². The van der Waals surface area contributed by atoms with Crippen LogP contribution < -0.4 is 5.56 Å². The summed E-state index contributed by atoms with van der Waals surface area (Å²) >= 11 is 3.45. The fourth-order valence-corrected chi connectivity index (χ4v) is 4.53. The van der Waals surface area contributed by atoms with E-state index >= 15 is 0 Å². The minimum Gasteiger partial charge on any atom is -0.327 e. The smallest absolute Gasteiger partial charge is 0.263 e. The van der Waals surface area contributed by atoms with E-state index in [1.54, 1.807) is 23.0 Å². The molecule has 0 spiro atoms. The second kappa shape index (κ2) is 11.6. The van der Waals surface area contributed by atoms with Crippen molar-refractivity contribution in [2.24, 2.45) is 0 Å². The predicted molar refractivity (Wildman–Crippen MR) is 146 cm³/mol. The topological polar surface area (TPSA) is 71.3 Å². The molecule has 0 aliphatic carbocycles. The lowest BCUT2D eigenvalue weighted by molar-refractivity contribution is 0.0642. The van der Waals surface area contributed by atoms with Crippen molar-refractivity contribution in [1.29, 1.82) is 0 Å². The highest BCUT2D eigenvalue weighted by atomic mass is 79.9. The Kier molecular flexibility index (Phi) is 8.28. The van der Waals surface area contributed by atoms with Crippen molar-refractivity contribution in [1.82, 2.24) is 24.3 Å². The second-order valence-electron chi connectivity index (χ2n) is 8.97. The van der Waals surface area contributed by atoms with Crippen molar-refractivity contribution < 1.29 is 4.79 Å². The van der Waals surface area contributed by atoms with Gasteiger partial charge in [-0.2, -0.15) is 0 Å². The fourth-order valence-electron chi connectivity index (χ4n) is 4.26. The van der Waals surface area contributed by atoms with E-state index in [2.05, 4.69) is 20.9 Å². The van der Waals surface area contributed by atoms with Gasteiger partial charge in [0, 0.05) is 35.5 Å². The molecule has 4 aromatic rings. The summed E-state index contributed by atoms with van der Waals surface area (Å²) in [5.41, 5.74) is 2.00. The number of amides is 1. The van der Waals surface area contributed by atoms with Crippen LogP contribution in [0.3, 0.4) is 0 Å². The van der Waals surface area contributed by atoms with Gasteiger partial charge in [0.25, 0.3) is 11.5 Å². The molecular formula is C28H30BrN5O2. The average molecular weight is 548 g/mol. The molecular weight excluding hydrogens is 518 g/mol. The number of pyridine rings is 1. The lowest BCUT2D eigenvalue weighted by Crippen LogP contribution is -2.42. The number of likely N-dealkylation sites (N-methyl/N-ethyl adjacent to an activating group) is 1. The molecule has 0 fully saturated rings. The van der Waals surface area contributed by atoms with Gasteiger partial charge in [-0.3, -0.25) is 19.1 Å². The first-order valence-corrected chi connectivity index (χ1v) is 12.8. The third-order valence-electron chi connectivity index (χ3n) is 6.17. The van der Waals surface area contributed by atoms with Crippen LogP contribution in [-0.4, -0.2) is 57.4 Å². The van der Waals surface area contributed by atoms with Gasteiger partial charge >= 0.3 is 0 Å². The Bertz CT molecular complexity index is 1390. The van der Waals surface area contributed by atoms with Crippen LogP contribution in [0.1, 0.15) is 41.1 Å². The molecule has 8 heteroatoms. The second-order valence-corrected chi connectivity index (χ2v) is 9.89. The Balaban J connectivity index is 1.87. The first-order valence-electron chi connectivity index (χ1n) is 12.0. The molecule has 2 heterocycles. The van der Waals surface area contributed by atoms with E-state index in [1.807, 2.05) is 85.4 Å². The molecule has 0 saturated carbocycles. The molecule has 1 atom stereocenters. The van der Waals surface area contributed by atoms with Gasteiger partial charge in [0.15, 0.2) is 0 Å². The van der Waals surface area contributed by atoms with Crippen LogP contribution in [0, 0.1) is 0 Å². The number of fused-ring (bicyclic) bond motifs is 1. The van der Waals surface area contributed by atoms with E-state index in [4.69, 9.17) is 4.98 Å². The normalized spacial score (nSPS) is 12.1. The van der Waals surface area contributed by atoms with E-state index in [1.165, 1.54) is 0 Å². The van der Waals surface area contributed by atoms with Gasteiger partial charge in [-0.15, -0.1) is 0 Å². The molecule has 0 N–H and O–H groups in total. The Morgan fingerprint density at radius 3 is 2.42 bits per heavy atom. The van der Waals surface area contributed by atoms with E-state index < -0.39 is 6.04 Å². The van der Waals surface area contributed by atoms with Gasteiger partial charge in [0.1, 0.15) is 5.82 Å². The number of nitrogens with zero attached hydrogens (tertiary/aromatic N) is 5. The summed E-state index contributed by atoms with van der Waals surface area (Å²) in [6, 6.07) is 18.6. The minimum absolute atomic E-state index is 0.0912. The van der Waals surface area contributed by atoms with Crippen LogP contribution in [0.5, 0.6) is 0 Å². The third-order valence-corrected chi connectivity index (χ3v) is 6.70. The standard InChI is InChI=1S/C28H30BrN5O2/c1-4-25(33(17-16-32(2)3)27(35)21-10-12-22(29)13-11-21)26-31-24-14-15-30-18-23(24)28(36)34(26)19-20-8-6-5-7-9-20/h5-15,18,25H,4,16-17,19H2,1-3H3. The third kappa shape index (κ3) is 5.71. The Labute approximate surface area is 219 Å². The quantitative estimate of drug-likeness (QED) is 0.302. The number of hydrogen-bond acceptors (Lipinski definition) is 5. The number of benzene rings is 2.